The van der Waals surface area contributed by atoms with Gasteiger partial charge in [0.25, 0.3) is 0 Å². The predicted molar refractivity (Wildman–Crippen MR) is 87.2 cm³/mol. The van der Waals surface area contributed by atoms with Gasteiger partial charge < -0.3 is 15.0 Å². The lowest BCUT2D eigenvalue weighted by Crippen LogP contribution is -2.08. The molecule has 0 unspecified atom stereocenters. The smallest absolute Gasteiger partial charge is 0.131 e. The van der Waals surface area contributed by atoms with Crippen LogP contribution < -0.4 is 5.73 Å². The van der Waals surface area contributed by atoms with Crippen molar-refractivity contribution in [3.8, 4) is 11.3 Å². The minimum absolute atomic E-state index is 0.356. The van der Waals surface area contributed by atoms with Gasteiger partial charge in [0.05, 0.1) is 6.61 Å². The van der Waals surface area contributed by atoms with Crippen molar-refractivity contribution < 1.29 is 4.74 Å². The van der Waals surface area contributed by atoms with E-state index in [2.05, 4.69) is 43.5 Å². The van der Waals surface area contributed by atoms with E-state index in [1.165, 1.54) is 0 Å². The van der Waals surface area contributed by atoms with Crippen molar-refractivity contribution in [2.75, 3.05) is 12.8 Å². The van der Waals surface area contributed by atoms with Gasteiger partial charge in [0.15, 0.2) is 0 Å². The van der Waals surface area contributed by atoms with E-state index in [0.29, 0.717) is 12.5 Å². The Morgan fingerprint density at radius 3 is 2.71 bits per heavy atom. The second-order valence-electron chi connectivity index (χ2n) is 5.64. The summed E-state index contributed by atoms with van der Waals surface area (Å²) in [6.45, 7) is 7.96. The zero-order valence-corrected chi connectivity index (χ0v) is 13.4. The number of nitrogens with zero attached hydrogens (tertiary/aromatic N) is 2. The highest BCUT2D eigenvalue weighted by Crippen LogP contribution is 2.30. The first-order chi connectivity index (χ1) is 10.1. The summed E-state index contributed by atoms with van der Waals surface area (Å²) in [4.78, 5) is 4.80. The molecule has 0 atom stereocenters. The SMILES string of the molecule is CCCn1c(C(C)C)nc(-c2cccc(COC)c2)c1N. The van der Waals surface area contributed by atoms with E-state index in [9.17, 15) is 0 Å². The number of aromatic nitrogens is 2. The van der Waals surface area contributed by atoms with Crippen LogP contribution >= 0.6 is 0 Å². The maximum absolute atomic E-state index is 6.35. The van der Waals surface area contributed by atoms with E-state index in [0.717, 1.165) is 41.4 Å². The molecule has 0 fully saturated rings. The van der Waals surface area contributed by atoms with Gasteiger partial charge in [-0.05, 0) is 18.1 Å². The van der Waals surface area contributed by atoms with Crippen LogP contribution in [0.2, 0.25) is 0 Å². The minimum atomic E-state index is 0.356. The Hall–Kier alpha value is -1.81. The molecule has 2 N–H and O–H groups in total. The first-order valence-electron chi connectivity index (χ1n) is 7.52. The summed E-state index contributed by atoms with van der Waals surface area (Å²) in [5.74, 6) is 2.17. The molecule has 1 heterocycles. The summed E-state index contributed by atoms with van der Waals surface area (Å²) in [5, 5.41) is 0. The van der Waals surface area contributed by atoms with Crippen molar-refractivity contribution in [2.45, 2.75) is 46.3 Å². The number of hydrogen-bond acceptors (Lipinski definition) is 3. The third-order valence-electron chi connectivity index (χ3n) is 3.51. The summed E-state index contributed by atoms with van der Waals surface area (Å²) in [5.41, 5.74) is 9.42. The van der Waals surface area contributed by atoms with Crippen LogP contribution in [0.25, 0.3) is 11.3 Å². The molecule has 0 aliphatic carbocycles. The third-order valence-corrected chi connectivity index (χ3v) is 3.51. The lowest BCUT2D eigenvalue weighted by atomic mass is 10.1. The van der Waals surface area contributed by atoms with E-state index in [4.69, 9.17) is 15.5 Å². The van der Waals surface area contributed by atoms with Gasteiger partial charge in [-0.25, -0.2) is 4.98 Å². The Kier molecular flexibility index (Phi) is 5.02. The van der Waals surface area contributed by atoms with Crippen LogP contribution in [0.4, 0.5) is 5.82 Å². The average Bonchev–Trinajstić information content (AvgIpc) is 2.78. The topological polar surface area (TPSA) is 53.1 Å². The monoisotopic (exact) mass is 287 g/mol. The van der Waals surface area contributed by atoms with Crippen molar-refractivity contribution in [3.05, 3.63) is 35.7 Å². The van der Waals surface area contributed by atoms with Crippen LogP contribution in [0, 0.1) is 0 Å². The molecule has 1 aromatic heterocycles. The normalized spacial score (nSPS) is 11.3. The highest BCUT2D eigenvalue weighted by Gasteiger charge is 2.17. The lowest BCUT2D eigenvalue weighted by molar-refractivity contribution is 0.185. The summed E-state index contributed by atoms with van der Waals surface area (Å²) in [7, 11) is 1.70. The summed E-state index contributed by atoms with van der Waals surface area (Å²) < 4.78 is 7.34. The molecule has 114 valence electrons. The van der Waals surface area contributed by atoms with E-state index in [1.807, 2.05) is 6.07 Å². The number of rotatable bonds is 6. The molecular formula is C17H25N3O. The Labute approximate surface area is 127 Å². The molecule has 4 nitrogen and oxygen atoms in total. The van der Waals surface area contributed by atoms with Crippen molar-refractivity contribution in [3.63, 3.8) is 0 Å². The number of benzene rings is 1. The van der Waals surface area contributed by atoms with Gasteiger partial charge in [-0.3, -0.25) is 0 Å². The van der Waals surface area contributed by atoms with Gasteiger partial charge in [0, 0.05) is 25.1 Å². The van der Waals surface area contributed by atoms with Crippen LogP contribution in [0.5, 0.6) is 0 Å². The highest BCUT2D eigenvalue weighted by molar-refractivity contribution is 5.71. The molecule has 0 aliphatic rings. The van der Waals surface area contributed by atoms with Crippen LogP contribution in [0.1, 0.15) is 44.5 Å². The van der Waals surface area contributed by atoms with Crippen molar-refractivity contribution in [1.82, 2.24) is 9.55 Å². The summed E-state index contributed by atoms with van der Waals surface area (Å²) in [6.07, 6.45) is 1.05. The molecule has 0 spiro atoms. The molecule has 0 saturated carbocycles. The van der Waals surface area contributed by atoms with Crippen molar-refractivity contribution in [1.29, 1.82) is 0 Å². The third kappa shape index (κ3) is 3.27. The molecule has 2 rings (SSSR count). The first kappa shape index (κ1) is 15.6. The maximum Gasteiger partial charge on any atom is 0.131 e. The number of imidazole rings is 1. The molecule has 0 aliphatic heterocycles. The zero-order chi connectivity index (χ0) is 15.4. The van der Waals surface area contributed by atoms with Gasteiger partial charge in [0.2, 0.25) is 0 Å². The Morgan fingerprint density at radius 1 is 1.33 bits per heavy atom. The Morgan fingerprint density at radius 2 is 2.10 bits per heavy atom. The minimum Gasteiger partial charge on any atom is -0.383 e. The fraction of sp³-hybridized carbons (Fsp3) is 0.471. The second kappa shape index (κ2) is 6.76. The van der Waals surface area contributed by atoms with E-state index in [1.54, 1.807) is 7.11 Å². The lowest BCUT2D eigenvalue weighted by Gasteiger charge is -2.10. The number of ether oxygens (including phenoxy) is 1. The standard InChI is InChI=1S/C17H25N3O/c1-5-9-20-16(18)15(19-17(20)12(2)3)14-8-6-7-13(10-14)11-21-4/h6-8,10,12H,5,9,11,18H2,1-4H3. The molecule has 2 aromatic rings. The molecular weight excluding hydrogens is 262 g/mol. The van der Waals surface area contributed by atoms with Crippen molar-refractivity contribution in [2.24, 2.45) is 0 Å². The number of nitrogen functional groups attached to an aromatic ring is 1. The van der Waals surface area contributed by atoms with Gasteiger partial charge >= 0.3 is 0 Å². The molecule has 21 heavy (non-hydrogen) atoms. The number of methoxy groups -OCH3 is 1. The fourth-order valence-corrected chi connectivity index (χ4v) is 2.57. The molecule has 0 radical (unpaired) electrons. The van der Waals surface area contributed by atoms with Crippen LogP contribution in [0.3, 0.4) is 0 Å². The Balaban J connectivity index is 2.48. The number of nitrogens with two attached hydrogens (primary N) is 1. The van der Waals surface area contributed by atoms with Gasteiger partial charge in [-0.1, -0.05) is 39.0 Å². The maximum atomic E-state index is 6.35. The molecule has 0 amide bonds. The van der Waals surface area contributed by atoms with Gasteiger partial charge in [0.1, 0.15) is 17.3 Å². The van der Waals surface area contributed by atoms with Gasteiger partial charge in [-0.15, -0.1) is 0 Å². The van der Waals surface area contributed by atoms with Gasteiger partial charge in [-0.2, -0.15) is 0 Å². The van der Waals surface area contributed by atoms with Crippen molar-refractivity contribution >= 4 is 5.82 Å². The van der Waals surface area contributed by atoms with Crippen LogP contribution in [-0.4, -0.2) is 16.7 Å². The summed E-state index contributed by atoms with van der Waals surface area (Å²) in [6, 6.07) is 8.23. The van der Waals surface area contributed by atoms with E-state index >= 15 is 0 Å². The largest absolute Gasteiger partial charge is 0.383 e. The molecule has 0 saturated heterocycles. The Bertz CT molecular complexity index is 602. The second-order valence-corrected chi connectivity index (χ2v) is 5.64. The highest BCUT2D eigenvalue weighted by atomic mass is 16.5. The van der Waals surface area contributed by atoms with E-state index in [-0.39, 0.29) is 0 Å². The van der Waals surface area contributed by atoms with Crippen LogP contribution in [0.15, 0.2) is 24.3 Å². The summed E-state index contributed by atoms with van der Waals surface area (Å²) >= 11 is 0. The van der Waals surface area contributed by atoms with Crippen LogP contribution in [-0.2, 0) is 17.9 Å². The fourth-order valence-electron chi connectivity index (χ4n) is 2.57. The number of anilines is 1. The average molecular weight is 287 g/mol. The first-order valence-corrected chi connectivity index (χ1v) is 7.52. The number of hydrogen-bond donors (Lipinski definition) is 1. The quantitative estimate of drug-likeness (QED) is 0.879. The molecule has 4 heteroatoms. The molecule has 1 aromatic carbocycles. The molecule has 0 bridgehead atoms. The zero-order valence-electron chi connectivity index (χ0n) is 13.4. The van der Waals surface area contributed by atoms with E-state index < -0.39 is 0 Å². The predicted octanol–water partition coefficient (Wildman–Crippen LogP) is 3.81.